The molecule has 12 aromatic carbocycles. The molecule has 0 saturated carbocycles. The van der Waals surface area contributed by atoms with Crippen LogP contribution >= 0.6 is 0 Å². The molecule has 106 heavy (non-hydrogen) atoms. The molecule has 0 amide bonds. The average molecular weight is 1580 g/mol. The van der Waals surface area contributed by atoms with E-state index in [4.69, 9.17) is 28.2 Å². The van der Waals surface area contributed by atoms with Crippen molar-refractivity contribution in [3.8, 4) is 51.2 Å². The predicted molar refractivity (Wildman–Crippen MR) is 422 cm³/mol. The van der Waals surface area contributed by atoms with Crippen LogP contribution in [-0.2, 0) is 20.1 Å². The van der Waals surface area contributed by atoms with Gasteiger partial charge >= 0.3 is 20.1 Å². The minimum absolute atomic E-state index is 0. The number of halogens is 3. The SMILES string of the molecule is CC(C)c1cccc(C(C)C)c1-n1c(-c2[c-]ccc3c2oc2cc(F)ccc23)nc2ccccc21.CC(C)c1cccc(C(C)C)c1-n1c(-c2[c-]ccc3c2oc2cc(F)ccc23)nc2ccccc21.CC(C)c1cccc(C(C)C)c1-n1c(-c2[c-]ccc3c2oc2cc(F)ccc23)nc2ccccc21.[Ir+3]. The van der Waals surface area contributed by atoms with Crippen LogP contribution in [0.3, 0.4) is 0 Å². The van der Waals surface area contributed by atoms with Crippen molar-refractivity contribution >= 4 is 98.9 Å². The Labute approximate surface area is 627 Å². The number of hydrogen-bond acceptors (Lipinski definition) is 6. The Morgan fingerprint density at radius 2 is 0.538 bits per heavy atom. The molecule has 0 radical (unpaired) electrons. The van der Waals surface area contributed by atoms with Gasteiger partial charge in [-0.3, -0.25) is 15.0 Å². The third-order valence-corrected chi connectivity index (χ3v) is 20.2. The molecule has 0 fully saturated rings. The molecule has 0 aliphatic heterocycles. The summed E-state index contributed by atoms with van der Waals surface area (Å²) in [6.07, 6.45) is 0. The second kappa shape index (κ2) is 28.4. The van der Waals surface area contributed by atoms with Gasteiger partial charge in [0.2, 0.25) is 0 Å². The fourth-order valence-electron chi connectivity index (χ4n) is 15.2. The van der Waals surface area contributed by atoms with Crippen molar-refractivity contribution in [2.75, 3.05) is 0 Å². The molecule has 0 aliphatic rings. The maximum absolute atomic E-state index is 14.0. The van der Waals surface area contributed by atoms with Crippen LogP contribution < -0.4 is 0 Å². The van der Waals surface area contributed by atoms with E-state index in [-0.39, 0.29) is 37.6 Å². The Bertz CT molecular complexity index is 5710. The van der Waals surface area contributed by atoms with Gasteiger partial charge in [-0.15, -0.1) is 54.6 Å². The van der Waals surface area contributed by atoms with Gasteiger partial charge < -0.3 is 27.0 Å². The maximum Gasteiger partial charge on any atom is 3.00 e. The summed E-state index contributed by atoms with van der Waals surface area (Å²) in [5.74, 6) is 3.31. The van der Waals surface area contributed by atoms with Gasteiger partial charge in [0, 0.05) is 51.4 Å². The zero-order valence-electron chi connectivity index (χ0n) is 61.1. The molecule has 0 unspecified atom stereocenters. The Morgan fingerprint density at radius 1 is 0.292 bits per heavy atom. The van der Waals surface area contributed by atoms with Crippen LogP contribution in [-0.4, -0.2) is 28.7 Å². The van der Waals surface area contributed by atoms with Crippen LogP contribution in [0.25, 0.3) is 150 Å². The number of fused-ring (bicyclic) bond motifs is 12. The van der Waals surface area contributed by atoms with Crippen molar-refractivity contribution < 1.29 is 46.5 Å². The van der Waals surface area contributed by atoms with Gasteiger partial charge in [0.05, 0.1) is 67.3 Å². The minimum Gasteiger partial charge on any atom is -0.500 e. The monoisotopic (exact) mass is 1580 g/mol. The number of para-hydroxylation sites is 9. The molecule has 6 aromatic heterocycles. The molecule has 528 valence electrons. The smallest absolute Gasteiger partial charge is 0.500 e. The standard InChI is InChI=1S/3C31H26FN2O.Ir/c3*1-18(2)21-9-7-10-22(19(3)4)29(21)34-27-14-6-5-13-26(27)33-31(34)25-12-8-11-24-23-16-15-20(32)17-28(23)35-30(24)25;/h3*5-11,13-19H,1-4H3;/q3*-1;+3. The van der Waals surface area contributed by atoms with Crippen molar-refractivity contribution in [1.29, 1.82) is 0 Å². The summed E-state index contributed by atoms with van der Waals surface area (Å²) in [6, 6.07) is 80.1. The van der Waals surface area contributed by atoms with E-state index in [0.29, 0.717) is 69.0 Å². The third kappa shape index (κ3) is 12.3. The van der Waals surface area contributed by atoms with Crippen molar-refractivity contribution in [2.24, 2.45) is 0 Å². The van der Waals surface area contributed by atoms with E-state index in [1.807, 2.05) is 91.0 Å². The van der Waals surface area contributed by atoms with Gasteiger partial charge in [0.25, 0.3) is 0 Å². The fraction of sp³-hybridized carbons (Fsp3) is 0.194. The van der Waals surface area contributed by atoms with Crippen LogP contribution in [0.4, 0.5) is 13.2 Å². The molecule has 0 atom stereocenters. The molecule has 13 heteroatoms. The van der Waals surface area contributed by atoms with Gasteiger partial charge in [-0.1, -0.05) is 207 Å². The van der Waals surface area contributed by atoms with Crippen LogP contribution in [0, 0.1) is 35.7 Å². The second-order valence-corrected chi connectivity index (χ2v) is 29.1. The summed E-state index contributed by atoms with van der Waals surface area (Å²) in [5, 5.41) is 5.41. The van der Waals surface area contributed by atoms with E-state index < -0.39 is 0 Å². The van der Waals surface area contributed by atoms with E-state index in [0.717, 1.165) is 117 Å². The fourth-order valence-corrected chi connectivity index (χ4v) is 15.2. The van der Waals surface area contributed by atoms with Crippen LogP contribution in [0.5, 0.6) is 0 Å². The molecular weight excluding hydrogens is 1500 g/mol. The molecule has 0 spiro atoms. The largest absolute Gasteiger partial charge is 3.00 e. The summed E-state index contributed by atoms with van der Waals surface area (Å²) >= 11 is 0. The minimum atomic E-state index is -0.318. The molecule has 18 aromatic rings. The van der Waals surface area contributed by atoms with Gasteiger partial charge in [0.1, 0.15) is 34.2 Å². The number of aromatic nitrogens is 6. The number of benzene rings is 12. The molecule has 18 rings (SSSR count). The average Bonchev–Trinajstić information content (AvgIpc) is 1.58. The summed E-state index contributed by atoms with van der Waals surface area (Å²) < 4.78 is 67.4. The number of imidazole rings is 3. The first-order valence-corrected chi connectivity index (χ1v) is 36.2. The number of nitrogens with zero attached hydrogens (tertiary/aromatic N) is 6. The maximum atomic E-state index is 14.0. The van der Waals surface area contributed by atoms with E-state index in [9.17, 15) is 13.2 Å². The van der Waals surface area contributed by atoms with Gasteiger partial charge in [0.15, 0.2) is 0 Å². The first-order valence-electron chi connectivity index (χ1n) is 36.2. The molecule has 0 saturated heterocycles. The van der Waals surface area contributed by atoms with Crippen molar-refractivity contribution in [1.82, 2.24) is 28.7 Å². The predicted octanol–water partition coefficient (Wildman–Crippen LogP) is 26.3. The van der Waals surface area contributed by atoms with Crippen molar-refractivity contribution in [3.63, 3.8) is 0 Å². The quantitative estimate of drug-likeness (QED) is 0.113. The first kappa shape index (κ1) is 70.5. The summed E-state index contributed by atoms with van der Waals surface area (Å²) in [6.45, 7) is 26.7. The molecular formula is C93H78F3IrN6O3. The topological polar surface area (TPSA) is 92.9 Å². The third-order valence-electron chi connectivity index (χ3n) is 20.2. The van der Waals surface area contributed by atoms with E-state index in [2.05, 4.69) is 188 Å². The Kier molecular flexibility index (Phi) is 18.9. The summed E-state index contributed by atoms with van der Waals surface area (Å²) in [7, 11) is 0. The van der Waals surface area contributed by atoms with E-state index in [1.54, 1.807) is 18.2 Å². The number of furan rings is 3. The Hall–Kier alpha value is -11.1. The van der Waals surface area contributed by atoms with Crippen LogP contribution in [0.2, 0.25) is 0 Å². The Morgan fingerprint density at radius 3 is 0.783 bits per heavy atom. The number of hydrogen-bond donors (Lipinski definition) is 0. The zero-order valence-corrected chi connectivity index (χ0v) is 63.5. The zero-order chi connectivity index (χ0) is 72.8. The van der Waals surface area contributed by atoms with Gasteiger partial charge in [-0.05, 0) is 142 Å². The molecule has 0 aliphatic carbocycles. The van der Waals surface area contributed by atoms with Crippen LogP contribution in [0.1, 0.15) is 152 Å². The molecule has 0 N–H and O–H groups in total. The normalized spacial score (nSPS) is 12.0. The Balaban J connectivity index is 0.000000127. The van der Waals surface area contributed by atoms with Crippen molar-refractivity contribution in [2.45, 2.75) is 119 Å². The number of rotatable bonds is 12. The van der Waals surface area contributed by atoms with Gasteiger partial charge in [-0.2, -0.15) is 0 Å². The first-order chi connectivity index (χ1) is 50.8. The summed E-state index contributed by atoms with van der Waals surface area (Å²) in [4.78, 5) is 15.3. The summed E-state index contributed by atoms with van der Waals surface area (Å²) in [5.41, 5.74) is 22.7. The van der Waals surface area contributed by atoms with Gasteiger partial charge in [-0.25, -0.2) is 13.2 Å². The molecule has 6 heterocycles. The van der Waals surface area contributed by atoms with E-state index in [1.165, 1.54) is 69.8 Å². The molecule has 9 nitrogen and oxygen atoms in total. The van der Waals surface area contributed by atoms with Crippen molar-refractivity contribution in [3.05, 3.63) is 287 Å². The molecule has 0 bridgehead atoms. The van der Waals surface area contributed by atoms with Crippen LogP contribution in [0.15, 0.2) is 232 Å². The van der Waals surface area contributed by atoms with E-state index >= 15 is 0 Å². The second-order valence-electron chi connectivity index (χ2n) is 29.1.